The standard InChI is InChI=1S/C14H17FN2O/c15-14-9-13(6-5-11(14)10-16)17(7-2-8-18)12-3-1-4-12/h5-6,9,12,18H,1-4,7-8H2. The molecular weight excluding hydrogens is 231 g/mol. The molecule has 18 heavy (non-hydrogen) atoms. The van der Waals surface area contributed by atoms with Gasteiger partial charge in [0.05, 0.1) is 5.56 Å². The summed E-state index contributed by atoms with van der Waals surface area (Å²) < 4.78 is 13.6. The summed E-state index contributed by atoms with van der Waals surface area (Å²) in [5.41, 5.74) is 0.888. The number of aliphatic hydroxyl groups excluding tert-OH is 1. The molecule has 0 heterocycles. The highest BCUT2D eigenvalue weighted by Gasteiger charge is 2.25. The van der Waals surface area contributed by atoms with Gasteiger partial charge in [0.15, 0.2) is 0 Å². The van der Waals surface area contributed by atoms with Crippen LogP contribution in [0.4, 0.5) is 10.1 Å². The Kier molecular flexibility index (Phi) is 4.16. The summed E-state index contributed by atoms with van der Waals surface area (Å²) in [7, 11) is 0. The first-order chi connectivity index (χ1) is 8.76. The van der Waals surface area contributed by atoms with Gasteiger partial charge in [-0.25, -0.2) is 4.39 Å². The molecule has 1 aliphatic rings. The molecule has 3 nitrogen and oxygen atoms in total. The van der Waals surface area contributed by atoms with Gasteiger partial charge in [-0.15, -0.1) is 0 Å². The average molecular weight is 248 g/mol. The second kappa shape index (κ2) is 5.83. The van der Waals surface area contributed by atoms with E-state index in [9.17, 15) is 4.39 Å². The Labute approximate surface area is 106 Å². The van der Waals surface area contributed by atoms with Gasteiger partial charge in [-0.3, -0.25) is 0 Å². The van der Waals surface area contributed by atoms with E-state index in [2.05, 4.69) is 4.90 Å². The van der Waals surface area contributed by atoms with Crippen LogP contribution in [0.2, 0.25) is 0 Å². The van der Waals surface area contributed by atoms with Crippen LogP contribution in [0.1, 0.15) is 31.2 Å². The maximum Gasteiger partial charge on any atom is 0.143 e. The molecule has 1 aromatic rings. The van der Waals surface area contributed by atoms with E-state index in [0.717, 1.165) is 25.1 Å². The molecule has 0 amide bonds. The maximum absolute atomic E-state index is 13.6. The number of aliphatic hydroxyl groups is 1. The normalized spacial score (nSPS) is 14.9. The van der Waals surface area contributed by atoms with Crippen LogP contribution >= 0.6 is 0 Å². The lowest BCUT2D eigenvalue weighted by Crippen LogP contribution is -2.41. The third-order valence-corrected chi connectivity index (χ3v) is 3.48. The number of nitriles is 1. The van der Waals surface area contributed by atoms with Crippen molar-refractivity contribution in [1.82, 2.24) is 0 Å². The van der Waals surface area contributed by atoms with Crippen LogP contribution in [0, 0.1) is 17.1 Å². The minimum atomic E-state index is -0.469. The average Bonchev–Trinajstić information content (AvgIpc) is 2.32. The molecule has 0 aliphatic heterocycles. The summed E-state index contributed by atoms with van der Waals surface area (Å²) in [4.78, 5) is 2.14. The van der Waals surface area contributed by atoms with Crippen molar-refractivity contribution in [2.24, 2.45) is 0 Å². The predicted molar refractivity (Wildman–Crippen MR) is 67.8 cm³/mol. The number of nitrogens with zero attached hydrogens (tertiary/aromatic N) is 2. The minimum Gasteiger partial charge on any atom is -0.396 e. The molecule has 4 heteroatoms. The van der Waals surface area contributed by atoms with E-state index < -0.39 is 5.82 Å². The van der Waals surface area contributed by atoms with Crippen molar-refractivity contribution >= 4 is 5.69 Å². The summed E-state index contributed by atoms with van der Waals surface area (Å²) in [6.07, 6.45) is 4.12. The topological polar surface area (TPSA) is 47.3 Å². The zero-order chi connectivity index (χ0) is 13.0. The first-order valence-electron chi connectivity index (χ1n) is 6.33. The zero-order valence-corrected chi connectivity index (χ0v) is 10.3. The van der Waals surface area contributed by atoms with Crippen LogP contribution in [-0.4, -0.2) is 24.3 Å². The Morgan fingerprint density at radius 2 is 2.22 bits per heavy atom. The summed E-state index contributed by atoms with van der Waals surface area (Å²) in [5.74, 6) is -0.469. The molecule has 1 aromatic carbocycles. The number of halogens is 1. The minimum absolute atomic E-state index is 0.0782. The summed E-state index contributed by atoms with van der Waals surface area (Å²) >= 11 is 0. The molecule has 0 radical (unpaired) electrons. The van der Waals surface area contributed by atoms with Crippen molar-refractivity contribution in [2.45, 2.75) is 31.7 Å². The van der Waals surface area contributed by atoms with Crippen LogP contribution in [-0.2, 0) is 0 Å². The fraction of sp³-hybridized carbons (Fsp3) is 0.500. The molecule has 1 N–H and O–H groups in total. The van der Waals surface area contributed by atoms with Crippen LogP contribution < -0.4 is 4.90 Å². The Bertz CT molecular complexity index is 452. The lowest BCUT2D eigenvalue weighted by molar-refractivity contribution is 0.283. The molecule has 0 spiro atoms. The highest BCUT2D eigenvalue weighted by Crippen LogP contribution is 2.30. The molecular formula is C14H17FN2O. The molecule has 1 saturated carbocycles. The van der Waals surface area contributed by atoms with Crippen molar-refractivity contribution in [3.63, 3.8) is 0 Å². The quantitative estimate of drug-likeness (QED) is 0.870. The van der Waals surface area contributed by atoms with Crippen molar-refractivity contribution in [3.05, 3.63) is 29.6 Å². The lowest BCUT2D eigenvalue weighted by atomic mass is 9.90. The van der Waals surface area contributed by atoms with Gasteiger partial charge in [0, 0.05) is 24.9 Å². The molecule has 2 rings (SSSR count). The van der Waals surface area contributed by atoms with Gasteiger partial charge in [0.2, 0.25) is 0 Å². The molecule has 0 aromatic heterocycles. The van der Waals surface area contributed by atoms with E-state index in [1.54, 1.807) is 6.07 Å². The van der Waals surface area contributed by atoms with Gasteiger partial charge >= 0.3 is 0 Å². The van der Waals surface area contributed by atoms with Crippen LogP contribution in [0.25, 0.3) is 0 Å². The molecule has 0 unspecified atom stereocenters. The largest absolute Gasteiger partial charge is 0.396 e. The van der Waals surface area contributed by atoms with Gasteiger partial charge in [0.25, 0.3) is 0 Å². The Morgan fingerprint density at radius 1 is 1.44 bits per heavy atom. The fourth-order valence-electron chi connectivity index (χ4n) is 2.24. The Morgan fingerprint density at radius 3 is 2.72 bits per heavy atom. The van der Waals surface area contributed by atoms with Crippen LogP contribution in [0.3, 0.4) is 0 Å². The van der Waals surface area contributed by atoms with Gasteiger partial charge in [-0.05, 0) is 43.9 Å². The molecule has 96 valence electrons. The van der Waals surface area contributed by atoms with E-state index in [-0.39, 0.29) is 12.2 Å². The van der Waals surface area contributed by atoms with Gasteiger partial charge in [-0.2, -0.15) is 5.26 Å². The monoisotopic (exact) mass is 248 g/mol. The fourth-order valence-corrected chi connectivity index (χ4v) is 2.24. The van der Waals surface area contributed by atoms with E-state index in [4.69, 9.17) is 10.4 Å². The molecule has 1 fully saturated rings. The number of anilines is 1. The van der Waals surface area contributed by atoms with Crippen LogP contribution in [0.15, 0.2) is 18.2 Å². The number of hydrogen-bond acceptors (Lipinski definition) is 3. The zero-order valence-electron chi connectivity index (χ0n) is 10.3. The first kappa shape index (κ1) is 12.8. The van der Waals surface area contributed by atoms with Crippen molar-refractivity contribution in [3.8, 4) is 6.07 Å². The second-order valence-corrected chi connectivity index (χ2v) is 4.63. The van der Waals surface area contributed by atoms with E-state index in [1.165, 1.54) is 18.6 Å². The third-order valence-electron chi connectivity index (χ3n) is 3.48. The molecule has 1 aliphatic carbocycles. The van der Waals surface area contributed by atoms with E-state index >= 15 is 0 Å². The summed E-state index contributed by atoms with van der Waals surface area (Å²) in [5, 5.41) is 17.6. The predicted octanol–water partition coefficient (Wildman–Crippen LogP) is 2.44. The number of rotatable bonds is 5. The van der Waals surface area contributed by atoms with Gasteiger partial charge < -0.3 is 10.0 Å². The number of hydrogen-bond donors (Lipinski definition) is 1. The maximum atomic E-state index is 13.6. The molecule has 0 atom stereocenters. The second-order valence-electron chi connectivity index (χ2n) is 4.63. The SMILES string of the molecule is N#Cc1ccc(N(CCCO)C2CCC2)cc1F. The van der Waals surface area contributed by atoms with E-state index in [0.29, 0.717) is 12.5 Å². The molecule has 0 bridgehead atoms. The smallest absolute Gasteiger partial charge is 0.143 e. The van der Waals surface area contributed by atoms with E-state index in [1.807, 2.05) is 6.07 Å². The first-order valence-corrected chi connectivity index (χ1v) is 6.33. The number of benzene rings is 1. The van der Waals surface area contributed by atoms with Crippen molar-refractivity contribution in [1.29, 1.82) is 5.26 Å². The Balaban J connectivity index is 2.19. The van der Waals surface area contributed by atoms with Crippen LogP contribution in [0.5, 0.6) is 0 Å². The summed E-state index contributed by atoms with van der Waals surface area (Å²) in [6, 6.07) is 7.01. The lowest BCUT2D eigenvalue weighted by Gasteiger charge is -2.39. The van der Waals surface area contributed by atoms with Gasteiger partial charge in [0.1, 0.15) is 11.9 Å². The van der Waals surface area contributed by atoms with Crippen molar-refractivity contribution < 1.29 is 9.50 Å². The molecule has 0 saturated heterocycles. The Hall–Kier alpha value is -1.60. The highest BCUT2D eigenvalue weighted by molar-refractivity contribution is 5.51. The highest BCUT2D eigenvalue weighted by atomic mass is 19.1. The summed E-state index contributed by atoms with van der Waals surface area (Å²) in [6.45, 7) is 0.870. The van der Waals surface area contributed by atoms with Crippen molar-refractivity contribution in [2.75, 3.05) is 18.1 Å². The third kappa shape index (κ3) is 2.62. The van der Waals surface area contributed by atoms with Gasteiger partial charge in [-0.1, -0.05) is 0 Å².